The molecular formula is C17H28N4O3. The van der Waals surface area contributed by atoms with Crippen molar-refractivity contribution in [2.75, 3.05) is 31.6 Å². The second-order valence-electron chi connectivity index (χ2n) is 6.98. The molecule has 7 heteroatoms. The van der Waals surface area contributed by atoms with Gasteiger partial charge >= 0.3 is 6.09 Å². The number of ether oxygens (including phenoxy) is 2. The van der Waals surface area contributed by atoms with E-state index in [9.17, 15) is 4.79 Å². The van der Waals surface area contributed by atoms with Gasteiger partial charge in [-0.05, 0) is 40.5 Å². The molecule has 7 nitrogen and oxygen atoms in total. The summed E-state index contributed by atoms with van der Waals surface area (Å²) < 4.78 is 10.9. The maximum absolute atomic E-state index is 12.3. The van der Waals surface area contributed by atoms with Gasteiger partial charge in [0.2, 0.25) is 5.88 Å². The molecule has 1 fully saturated rings. The van der Waals surface area contributed by atoms with Crippen LogP contribution < -0.4 is 9.64 Å². The number of carbonyl (C=O) groups excluding carboxylic acids is 1. The summed E-state index contributed by atoms with van der Waals surface area (Å²) >= 11 is 0. The fraction of sp³-hybridized carbons (Fsp3) is 0.706. The SMILES string of the molecule is CCOc1cc(N2CCC[C@H](N(C)C(=O)OC(C)(C)C)C2)ncn1. The standard InChI is InChI=1S/C17H28N4O3/c1-6-23-15-10-14(18-12-19-15)21-9-7-8-13(11-21)20(5)16(22)24-17(2,3)4/h10,12-13H,6-9,11H2,1-5H3/t13-/m0/s1. The predicted molar refractivity (Wildman–Crippen MR) is 92.4 cm³/mol. The first-order valence-electron chi connectivity index (χ1n) is 8.45. The molecule has 0 radical (unpaired) electrons. The first kappa shape index (κ1) is 18.3. The van der Waals surface area contributed by atoms with Gasteiger partial charge in [0.1, 0.15) is 17.7 Å². The van der Waals surface area contributed by atoms with Crippen molar-refractivity contribution in [1.82, 2.24) is 14.9 Å². The maximum Gasteiger partial charge on any atom is 0.410 e. The topological polar surface area (TPSA) is 67.8 Å². The van der Waals surface area contributed by atoms with Crippen LogP contribution in [0.1, 0.15) is 40.5 Å². The fourth-order valence-electron chi connectivity index (χ4n) is 2.69. The molecule has 0 unspecified atom stereocenters. The van der Waals surface area contributed by atoms with Gasteiger partial charge < -0.3 is 19.3 Å². The van der Waals surface area contributed by atoms with Crippen LogP contribution in [0.25, 0.3) is 0 Å². The van der Waals surface area contributed by atoms with E-state index in [-0.39, 0.29) is 12.1 Å². The number of hydrogen-bond donors (Lipinski definition) is 0. The average Bonchev–Trinajstić information content (AvgIpc) is 2.53. The maximum atomic E-state index is 12.3. The van der Waals surface area contributed by atoms with Crippen molar-refractivity contribution in [2.24, 2.45) is 0 Å². The molecule has 1 atom stereocenters. The lowest BCUT2D eigenvalue weighted by Gasteiger charge is -2.38. The van der Waals surface area contributed by atoms with Gasteiger partial charge in [-0.3, -0.25) is 0 Å². The number of piperidine rings is 1. The molecule has 1 saturated heterocycles. The van der Waals surface area contributed by atoms with Crippen LogP contribution in [0.4, 0.5) is 10.6 Å². The van der Waals surface area contributed by atoms with Crippen LogP contribution in [0.5, 0.6) is 5.88 Å². The number of carbonyl (C=O) groups is 1. The number of anilines is 1. The summed E-state index contributed by atoms with van der Waals surface area (Å²) in [7, 11) is 1.80. The highest BCUT2D eigenvalue weighted by Crippen LogP contribution is 2.23. The van der Waals surface area contributed by atoms with Crippen LogP contribution in [0.3, 0.4) is 0 Å². The third kappa shape index (κ3) is 4.97. The molecule has 1 aromatic rings. The fourth-order valence-corrected chi connectivity index (χ4v) is 2.69. The predicted octanol–water partition coefficient (Wildman–Crippen LogP) is 2.71. The van der Waals surface area contributed by atoms with Crippen molar-refractivity contribution in [3.63, 3.8) is 0 Å². The Morgan fingerprint density at radius 1 is 1.42 bits per heavy atom. The lowest BCUT2D eigenvalue weighted by molar-refractivity contribution is 0.0209. The van der Waals surface area contributed by atoms with Crippen LogP contribution >= 0.6 is 0 Å². The summed E-state index contributed by atoms with van der Waals surface area (Å²) in [4.78, 5) is 24.6. The number of nitrogens with zero attached hydrogens (tertiary/aromatic N) is 4. The molecule has 1 amide bonds. The van der Waals surface area contributed by atoms with E-state index < -0.39 is 5.60 Å². The van der Waals surface area contributed by atoms with Crippen molar-refractivity contribution >= 4 is 11.9 Å². The average molecular weight is 336 g/mol. The van der Waals surface area contributed by atoms with Crippen molar-refractivity contribution in [2.45, 2.75) is 52.2 Å². The molecule has 2 heterocycles. The van der Waals surface area contributed by atoms with E-state index in [1.54, 1.807) is 11.9 Å². The number of aromatic nitrogens is 2. The molecule has 24 heavy (non-hydrogen) atoms. The first-order chi connectivity index (χ1) is 11.3. The van der Waals surface area contributed by atoms with Gasteiger partial charge in [0.05, 0.1) is 12.6 Å². The summed E-state index contributed by atoms with van der Waals surface area (Å²) in [6.45, 7) is 9.75. The van der Waals surface area contributed by atoms with Crippen molar-refractivity contribution in [3.05, 3.63) is 12.4 Å². The number of hydrogen-bond acceptors (Lipinski definition) is 6. The lowest BCUT2D eigenvalue weighted by Crippen LogP contribution is -2.50. The Balaban J connectivity index is 2.03. The summed E-state index contributed by atoms with van der Waals surface area (Å²) in [5.41, 5.74) is -0.487. The van der Waals surface area contributed by atoms with E-state index >= 15 is 0 Å². The Bertz CT molecular complexity index is 559. The molecule has 1 aliphatic rings. The quantitative estimate of drug-likeness (QED) is 0.842. The summed E-state index contributed by atoms with van der Waals surface area (Å²) in [5, 5.41) is 0. The minimum atomic E-state index is -0.487. The molecule has 1 aliphatic heterocycles. The molecule has 0 spiro atoms. The third-order valence-electron chi connectivity index (χ3n) is 3.87. The summed E-state index contributed by atoms with van der Waals surface area (Å²) in [5.74, 6) is 1.40. The van der Waals surface area contributed by atoms with Crippen LogP contribution in [0.15, 0.2) is 12.4 Å². The molecule has 2 rings (SSSR count). The molecule has 0 bridgehead atoms. The monoisotopic (exact) mass is 336 g/mol. The molecular weight excluding hydrogens is 308 g/mol. The molecule has 0 saturated carbocycles. The van der Waals surface area contributed by atoms with Gasteiger partial charge in [-0.1, -0.05) is 0 Å². The van der Waals surface area contributed by atoms with Crippen molar-refractivity contribution in [3.8, 4) is 5.88 Å². The largest absolute Gasteiger partial charge is 0.478 e. The zero-order valence-electron chi connectivity index (χ0n) is 15.3. The Morgan fingerprint density at radius 3 is 2.83 bits per heavy atom. The third-order valence-corrected chi connectivity index (χ3v) is 3.87. The molecule has 0 aromatic carbocycles. The summed E-state index contributed by atoms with van der Waals surface area (Å²) in [6, 6.07) is 1.94. The number of likely N-dealkylation sites (N-methyl/N-ethyl adjacent to an activating group) is 1. The van der Waals surface area contributed by atoms with E-state index in [0.29, 0.717) is 12.5 Å². The van der Waals surface area contributed by atoms with E-state index in [2.05, 4.69) is 14.9 Å². The lowest BCUT2D eigenvalue weighted by atomic mass is 10.0. The zero-order chi connectivity index (χ0) is 17.7. The Labute approximate surface area is 144 Å². The number of rotatable bonds is 4. The first-order valence-corrected chi connectivity index (χ1v) is 8.45. The minimum absolute atomic E-state index is 0.0964. The van der Waals surface area contributed by atoms with Gasteiger partial charge in [-0.25, -0.2) is 14.8 Å². The van der Waals surface area contributed by atoms with Crippen LogP contribution in [-0.2, 0) is 4.74 Å². The van der Waals surface area contributed by atoms with Crippen molar-refractivity contribution in [1.29, 1.82) is 0 Å². The summed E-state index contributed by atoms with van der Waals surface area (Å²) in [6.07, 6.45) is 3.18. The van der Waals surface area contributed by atoms with E-state index in [1.165, 1.54) is 6.33 Å². The van der Waals surface area contributed by atoms with Crippen LogP contribution in [-0.4, -0.2) is 59.3 Å². The van der Waals surface area contributed by atoms with Crippen LogP contribution in [0.2, 0.25) is 0 Å². The molecule has 134 valence electrons. The van der Waals surface area contributed by atoms with Gasteiger partial charge in [0, 0.05) is 26.2 Å². The molecule has 1 aromatic heterocycles. The van der Waals surface area contributed by atoms with E-state index in [4.69, 9.17) is 9.47 Å². The van der Waals surface area contributed by atoms with Crippen LogP contribution in [0, 0.1) is 0 Å². The highest BCUT2D eigenvalue weighted by Gasteiger charge is 2.29. The van der Waals surface area contributed by atoms with E-state index in [1.807, 2.05) is 33.8 Å². The smallest absolute Gasteiger partial charge is 0.410 e. The number of amides is 1. The van der Waals surface area contributed by atoms with E-state index in [0.717, 1.165) is 31.7 Å². The Morgan fingerprint density at radius 2 is 2.17 bits per heavy atom. The zero-order valence-corrected chi connectivity index (χ0v) is 15.3. The minimum Gasteiger partial charge on any atom is -0.478 e. The molecule has 0 N–H and O–H groups in total. The van der Waals surface area contributed by atoms with Crippen molar-refractivity contribution < 1.29 is 14.3 Å². The normalized spacial score (nSPS) is 18.2. The Kier molecular flexibility index (Phi) is 5.85. The highest BCUT2D eigenvalue weighted by molar-refractivity contribution is 5.68. The highest BCUT2D eigenvalue weighted by atomic mass is 16.6. The van der Waals surface area contributed by atoms with Gasteiger partial charge in [0.15, 0.2) is 0 Å². The Hall–Kier alpha value is -2.05. The van der Waals surface area contributed by atoms with Gasteiger partial charge in [0.25, 0.3) is 0 Å². The molecule has 0 aliphatic carbocycles. The van der Waals surface area contributed by atoms with Gasteiger partial charge in [-0.2, -0.15) is 0 Å². The second-order valence-corrected chi connectivity index (χ2v) is 6.98. The second kappa shape index (κ2) is 7.68. The van der Waals surface area contributed by atoms with Gasteiger partial charge in [-0.15, -0.1) is 0 Å².